The first-order chi connectivity index (χ1) is 8.99. The molecule has 19 heavy (non-hydrogen) atoms. The van der Waals surface area contributed by atoms with Crippen molar-refractivity contribution in [2.24, 2.45) is 0 Å². The van der Waals surface area contributed by atoms with Crippen molar-refractivity contribution in [3.63, 3.8) is 0 Å². The van der Waals surface area contributed by atoms with Crippen LogP contribution in [-0.2, 0) is 10.3 Å². The van der Waals surface area contributed by atoms with Gasteiger partial charge in [0, 0.05) is 12.1 Å². The Morgan fingerprint density at radius 2 is 1.79 bits per heavy atom. The van der Waals surface area contributed by atoms with Gasteiger partial charge in [0.1, 0.15) is 0 Å². The highest BCUT2D eigenvalue weighted by atomic mass is 16.5. The van der Waals surface area contributed by atoms with E-state index < -0.39 is 5.60 Å². The van der Waals surface area contributed by atoms with Crippen LogP contribution in [0.3, 0.4) is 0 Å². The molecule has 2 heterocycles. The zero-order valence-electron chi connectivity index (χ0n) is 12.0. The SMILES string of the molecule is Cc1ccc(C2(O)CC3COCC(C2)N3C)cc1C. The fourth-order valence-electron chi connectivity index (χ4n) is 3.41. The van der Waals surface area contributed by atoms with E-state index in [1.54, 1.807) is 0 Å². The van der Waals surface area contributed by atoms with Gasteiger partial charge in [0.25, 0.3) is 0 Å². The average molecular weight is 261 g/mol. The summed E-state index contributed by atoms with van der Waals surface area (Å²) in [7, 11) is 2.15. The van der Waals surface area contributed by atoms with Crippen molar-refractivity contribution >= 4 is 0 Å². The summed E-state index contributed by atoms with van der Waals surface area (Å²) in [5, 5.41) is 11.1. The lowest BCUT2D eigenvalue weighted by Gasteiger charge is -2.50. The number of piperidine rings is 1. The van der Waals surface area contributed by atoms with Crippen molar-refractivity contribution in [2.45, 2.75) is 44.4 Å². The zero-order chi connectivity index (χ0) is 13.6. The van der Waals surface area contributed by atoms with E-state index in [4.69, 9.17) is 4.74 Å². The number of ether oxygens (including phenoxy) is 1. The van der Waals surface area contributed by atoms with Gasteiger partial charge in [-0.1, -0.05) is 18.2 Å². The van der Waals surface area contributed by atoms with E-state index in [9.17, 15) is 5.11 Å². The lowest BCUT2D eigenvalue weighted by Crippen LogP contribution is -2.59. The summed E-state index contributed by atoms with van der Waals surface area (Å²) in [5.41, 5.74) is 2.92. The Labute approximate surface area is 115 Å². The largest absolute Gasteiger partial charge is 0.385 e. The maximum absolute atomic E-state index is 11.1. The molecular weight excluding hydrogens is 238 g/mol. The first-order valence-electron chi connectivity index (χ1n) is 7.09. The molecule has 2 aliphatic heterocycles. The second kappa shape index (κ2) is 4.58. The molecule has 2 atom stereocenters. The molecule has 104 valence electrons. The molecular formula is C16H23NO2. The number of aryl methyl sites for hydroxylation is 2. The number of morpholine rings is 1. The number of hydrogen-bond acceptors (Lipinski definition) is 3. The van der Waals surface area contributed by atoms with Crippen molar-refractivity contribution in [1.82, 2.24) is 4.90 Å². The van der Waals surface area contributed by atoms with E-state index in [0.29, 0.717) is 12.1 Å². The summed E-state index contributed by atoms with van der Waals surface area (Å²) in [6.45, 7) is 5.70. The monoisotopic (exact) mass is 261 g/mol. The Hall–Kier alpha value is -0.900. The molecule has 2 fully saturated rings. The highest BCUT2D eigenvalue weighted by Crippen LogP contribution is 2.40. The molecule has 0 aromatic heterocycles. The van der Waals surface area contributed by atoms with E-state index in [2.05, 4.69) is 44.0 Å². The Balaban J connectivity index is 1.92. The van der Waals surface area contributed by atoms with Crippen LogP contribution < -0.4 is 0 Å². The second-order valence-corrected chi connectivity index (χ2v) is 6.25. The Bertz CT molecular complexity index is 472. The maximum atomic E-state index is 11.1. The standard InChI is InChI=1S/C16H23NO2/c1-11-4-5-13(6-12(11)2)16(18)7-14-9-19-10-15(8-16)17(14)3/h4-6,14-15,18H,7-10H2,1-3H3. The van der Waals surface area contributed by atoms with Crippen LogP contribution in [0.1, 0.15) is 29.5 Å². The maximum Gasteiger partial charge on any atom is 0.0928 e. The fourth-order valence-corrected chi connectivity index (χ4v) is 3.41. The Morgan fingerprint density at radius 3 is 2.37 bits per heavy atom. The summed E-state index contributed by atoms with van der Waals surface area (Å²) in [5.74, 6) is 0. The fraction of sp³-hybridized carbons (Fsp3) is 0.625. The molecule has 3 nitrogen and oxygen atoms in total. The van der Waals surface area contributed by atoms with Gasteiger partial charge in [0.2, 0.25) is 0 Å². The quantitative estimate of drug-likeness (QED) is 0.839. The van der Waals surface area contributed by atoms with Gasteiger partial charge in [-0.3, -0.25) is 4.90 Å². The minimum absolute atomic E-state index is 0.333. The molecule has 1 N–H and O–H groups in total. The first-order valence-corrected chi connectivity index (χ1v) is 7.09. The number of likely N-dealkylation sites (N-methyl/N-ethyl adjacent to an activating group) is 1. The van der Waals surface area contributed by atoms with Crippen LogP contribution in [0, 0.1) is 13.8 Å². The Morgan fingerprint density at radius 1 is 1.16 bits per heavy atom. The van der Waals surface area contributed by atoms with Crippen molar-refractivity contribution in [3.8, 4) is 0 Å². The molecule has 2 aliphatic rings. The topological polar surface area (TPSA) is 32.7 Å². The average Bonchev–Trinajstić information content (AvgIpc) is 2.35. The molecule has 1 aromatic rings. The number of benzene rings is 1. The number of nitrogens with zero attached hydrogens (tertiary/aromatic N) is 1. The second-order valence-electron chi connectivity index (χ2n) is 6.25. The highest BCUT2D eigenvalue weighted by Gasteiger charge is 2.45. The predicted octanol–water partition coefficient (Wildman–Crippen LogP) is 1.98. The molecule has 3 rings (SSSR count). The van der Waals surface area contributed by atoms with Gasteiger partial charge in [-0.2, -0.15) is 0 Å². The van der Waals surface area contributed by atoms with E-state index in [-0.39, 0.29) is 0 Å². The minimum atomic E-state index is -0.690. The lowest BCUT2D eigenvalue weighted by atomic mass is 9.76. The summed E-state index contributed by atoms with van der Waals surface area (Å²) >= 11 is 0. The molecule has 2 bridgehead atoms. The summed E-state index contributed by atoms with van der Waals surface area (Å²) in [6, 6.07) is 7.02. The number of hydrogen-bond donors (Lipinski definition) is 1. The molecule has 2 saturated heterocycles. The number of rotatable bonds is 1. The van der Waals surface area contributed by atoms with Crippen molar-refractivity contribution in [1.29, 1.82) is 0 Å². The van der Waals surface area contributed by atoms with E-state index in [1.165, 1.54) is 11.1 Å². The van der Waals surface area contributed by atoms with Gasteiger partial charge < -0.3 is 9.84 Å². The van der Waals surface area contributed by atoms with Crippen LogP contribution in [-0.4, -0.2) is 42.4 Å². The molecule has 0 radical (unpaired) electrons. The van der Waals surface area contributed by atoms with E-state index >= 15 is 0 Å². The number of aliphatic hydroxyl groups is 1. The van der Waals surface area contributed by atoms with Crippen molar-refractivity contribution in [2.75, 3.05) is 20.3 Å². The van der Waals surface area contributed by atoms with Gasteiger partial charge in [0.05, 0.1) is 18.8 Å². The number of fused-ring (bicyclic) bond motifs is 2. The van der Waals surface area contributed by atoms with Crippen molar-refractivity contribution in [3.05, 3.63) is 34.9 Å². The van der Waals surface area contributed by atoms with Gasteiger partial charge in [-0.05, 0) is 50.4 Å². The van der Waals surface area contributed by atoms with E-state index in [0.717, 1.165) is 31.6 Å². The van der Waals surface area contributed by atoms with Crippen LogP contribution in [0.25, 0.3) is 0 Å². The lowest BCUT2D eigenvalue weighted by molar-refractivity contribution is -0.137. The summed E-state index contributed by atoms with van der Waals surface area (Å²) in [6.07, 6.45) is 1.53. The summed E-state index contributed by atoms with van der Waals surface area (Å²) < 4.78 is 5.63. The predicted molar refractivity (Wildman–Crippen MR) is 75.2 cm³/mol. The van der Waals surface area contributed by atoms with E-state index in [1.807, 2.05) is 0 Å². The third-order valence-corrected chi connectivity index (χ3v) is 4.96. The smallest absolute Gasteiger partial charge is 0.0928 e. The molecule has 0 amide bonds. The normalized spacial score (nSPS) is 35.4. The van der Waals surface area contributed by atoms with Crippen LogP contribution in [0.2, 0.25) is 0 Å². The van der Waals surface area contributed by atoms with Crippen LogP contribution in [0.15, 0.2) is 18.2 Å². The molecule has 0 spiro atoms. The minimum Gasteiger partial charge on any atom is -0.385 e. The molecule has 2 unspecified atom stereocenters. The van der Waals surface area contributed by atoms with Gasteiger partial charge in [0.15, 0.2) is 0 Å². The van der Waals surface area contributed by atoms with Gasteiger partial charge in [-0.15, -0.1) is 0 Å². The molecule has 0 aliphatic carbocycles. The highest BCUT2D eigenvalue weighted by molar-refractivity contribution is 5.34. The molecule has 3 heteroatoms. The third kappa shape index (κ3) is 2.20. The van der Waals surface area contributed by atoms with Crippen LogP contribution in [0.4, 0.5) is 0 Å². The van der Waals surface area contributed by atoms with Crippen LogP contribution >= 0.6 is 0 Å². The third-order valence-electron chi connectivity index (χ3n) is 4.96. The summed E-state index contributed by atoms with van der Waals surface area (Å²) in [4.78, 5) is 2.37. The van der Waals surface area contributed by atoms with Crippen molar-refractivity contribution < 1.29 is 9.84 Å². The molecule has 0 saturated carbocycles. The van der Waals surface area contributed by atoms with Crippen LogP contribution in [0.5, 0.6) is 0 Å². The molecule has 1 aromatic carbocycles. The zero-order valence-corrected chi connectivity index (χ0v) is 12.0. The van der Waals surface area contributed by atoms with Gasteiger partial charge >= 0.3 is 0 Å². The Kier molecular flexibility index (Phi) is 3.16. The van der Waals surface area contributed by atoms with Gasteiger partial charge in [-0.25, -0.2) is 0 Å². The first kappa shape index (κ1) is 13.1.